The van der Waals surface area contributed by atoms with E-state index in [1.54, 1.807) is 11.8 Å². The van der Waals surface area contributed by atoms with Crippen LogP contribution >= 0.6 is 23.4 Å². The molecule has 0 aliphatic rings. The molecule has 1 aromatic heterocycles. The van der Waals surface area contributed by atoms with Crippen LogP contribution in [0.3, 0.4) is 0 Å². The second kappa shape index (κ2) is 11.0. The minimum absolute atomic E-state index is 0.209. The molecule has 2 aromatic carbocycles. The number of hydrogen-bond donors (Lipinski definition) is 2. The molecule has 1 heterocycles. The number of hydrogen-bond acceptors (Lipinski definition) is 4. The second-order valence-electron chi connectivity index (χ2n) is 6.90. The Morgan fingerprint density at radius 2 is 1.93 bits per heavy atom. The van der Waals surface area contributed by atoms with Crippen LogP contribution in [0.15, 0.2) is 53.7 Å². The van der Waals surface area contributed by atoms with Gasteiger partial charge in [0.25, 0.3) is 0 Å². The zero-order valence-electron chi connectivity index (χ0n) is 17.2. The van der Waals surface area contributed by atoms with Crippen LogP contribution in [-0.2, 0) is 12.3 Å². The summed E-state index contributed by atoms with van der Waals surface area (Å²) < 4.78 is 1.97. The molecule has 30 heavy (non-hydrogen) atoms. The van der Waals surface area contributed by atoms with Gasteiger partial charge in [-0.2, -0.15) is 0 Å². The maximum atomic E-state index is 12.1. The Kier molecular flexibility index (Phi) is 8.16. The van der Waals surface area contributed by atoms with Gasteiger partial charge in [-0.3, -0.25) is 4.57 Å². The van der Waals surface area contributed by atoms with Crippen LogP contribution < -0.4 is 10.6 Å². The molecule has 6 nitrogen and oxygen atoms in total. The van der Waals surface area contributed by atoms with Gasteiger partial charge in [0.2, 0.25) is 0 Å². The Morgan fingerprint density at radius 3 is 2.70 bits per heavy atom. The van der Waals surface area contributed by atoms with E-state index in [0.29, 0.717) is 17.4 Å². The highest BCUT2D eigenvalue weighted by Gasteiger charge is 2.17. The number of unbranched alkanes of at least 4 members (excludes halogenated alkanes) is 1. The van der Waals surface area contributed by atoms with Crippen LogP contribution in [-0.4, -0.2) is 27.3 Å². The van der Waals surface area contributed by atoms with Crippen LogP contribution in [0, 0.1) is 6.92 Å². The summed E-state index contributed by atoms with van der Waals surface area (Å²) in [6.45, 7) is 5.03. The molecule has 0 atom stereocenters. The van der Waals surface area contributed by atoms with Gasteiger partial charge >= 0.3 is 6.03 Å². The molecule has 2 amide bonds. The SMILES string of the molecule is CCCCNC(=O)NCc1nnc(SCc2ccccc2)n1-c1cc(Cl)ccc1C. The van der Waals surface area contributed by atoms with E-state index < -0.39 is 0 Å². The molecule has 3 rings (SSSR count). The molecule has 0 fully saturated rings. The topological polar surface area (TPSA) is 71.8 Å². The fourth-order valence-corrected chi connectivity index (χ4v) is 3.98. The lowest BCUT2D eigenvalue weighted by Gasteiger charge is -2.14. The first-order chi connectivity index (χ1) is 14.6. The third-order valence-corrected chi connectivity index (χ3v) is 5.78. The Hall–Kier alpha value is -2.51. The standard InChI is InChI=1S/C22H26ClN5OS/c1-3-4-12-24-21(29)25-14-20-26-27-22(30-15-17-8-6-5-7-9-17)28(20)19-13-18(23)11-10-16(19)2/h5-11,13H,3-4,12,14-15H2,1-2H3,(H2,24,25,29). The summed E-state index contributed by atoms with van der Waals surface area (Å²) in [5.41, 5.74) is 3.16. The van der Waals surface area contributed by atoms with E-state index in [9.17, 15) is 4.79 Å². The predicted molar refractivity (Wildman–Crippen MR) is 122 cm³/mol. The molecular formula is C22H26ClN5OS. The maximum Gasteiger partial charge on any atom is 0.315 e. The quantitative estimate of drug-likeness (QED) is 0.355. The zero-order valence-corrected chi connectivity index (χ0v) is 18.8. The number of nitrogens with zero attached hydrogens (tertiary/aromatic N) is 3. The molecule has 3 aromatic rings. The van der Waals surface area contributed by atoms with E-state index >= 15 is 0 Å². The highest BCUT2D eigenvalue weighted by Crippen LogP contribution is 2.28. The van der Waals surface area contributed by atoms with Crippen molar-refractivity contribution in [2.75, 3.05) is 6.54 Å². The number of aromatic nitrogens is 3. The zero-order chi connectivity index (χ0) is 21.3. The molecule has 8 heteroatoms. The molecule has 0 radical (unpaired) electrons. The first-order valence-corrected chi connectivity index (χ1v) is 11.3. The Bertz CT molecular complexity index is 977. The Balaban J connectivity index is 1.82. The van der Waals surface area contributed by atoms with Gasteiger partial charge in [-0.1, -0.05) is 73.1 Å². The highest BCUT2D eigenvalue weighted by atomic mass is 35.5. The number of rotatable bonds is 9. The van der Waals surface area contributed by atoms with Crippen LogP contribution in [0.5, 0.6) is 0 Å². The van der Waals surface area contributed by atoms with Gasteiger partial charge in [-0.05, 0) is 36.6 Å². The Morgan fingerprint density at radius 1 is 1.13 bits per heavy atom. The predicted octanol–water partition coefficient (Wildman–Crippen LogP) is 5.12. The minimum atomic E-state index is -0.209. The maximum absolute atomic E-state index is 12.1. The van der Waals surface area contributed by atoms with E-state index in [4.69, 9.17) is 11.6 Å². The smallest absolute Gasteiger partial charge is 0.315 e. The molecule has 0 spiro atoms. The fraction of sp³-hybridized carbons (Fsp3) is 0.318. The summed E-state index contributed by atoms with van der Waals surface area (Å²) in [5, 5.41) is 15.9. The van der Waals surface area contributed by atoms with Gasteiger partial charge < -0.3 is 10.6 Å². The summed E-state index contributed by atoms with van der Waals surface area (Å²) in [5.74, 6) is 1.42. The first-order valence-electron chi connectivity index (χ1n) is 9.97. The summed E-state index contributed by atoms with van der Waals surface area (Å²) in [6.07, 6.45) is 1.98. The van der Waals surface area contributed by atoms with Crippen molar-refractivity contribution >= 4 is 29.4 Å². The van der Waals surface area contributed by atoms with Gasteiger partial charge in [0.1, 0.15) is 0 Å². The molecule has 0 saturated carbocycles. The molecular weight excluding hydrogens is 418 g/mol. The van der Waals surface area contributed by atoms with E-state index in [-0.39, 0.29) is 12.6 Å². The lowest BCUT2D eigenvalue weighted by atomic mass is 10.2. The largest absolute Gasteiger partial charge is 0.338 e. The van der Waals surface area contributed by atoms with Crippen molar-refractivity contribution in [3.8, 4) is 5.69 Å². The number of thioether (sulfide) groups is 1. The number of urea groups is 1. The number of benzene rings is 2. The van der Waals surface area contributed by atoms with Crippen LogP contribution in [0.4, 0.5) is 4.79 Å². The summed E-state index contributed by atoms with van der Waals surface area (Å²) in [7, 11) is 0. The summed E-state index contributed by atoms with van der Waals surface area (Å²) >= 11 is 7.87. The van der Waals surface area contributed by atoms with Crippen molar-refractivity contribution in [3.05, 3.63) is 70.5 Å². The first kappa shape index (κ1) is 22.2. The lowest BCUT2D eigenvalue weighted by Crippen LogP contribution is -2.36. The summed E-state index contributed by atoms with van der Waals surface area (Å²) in [6, 6.07) is 15.7. The molecule has 2 N–H and O–H groups in total. The van der Waals surface area contributed by atoms with Crippen molar-refractivity contribution in [1.29, 1.82) is 0 Å². The van der Waals surface area contributed by atoms with E-state index in [1.807, 2.05) is 47.9 Å². The highest BCUT2D eigenvalue weighted by molar-refractivity contribution is 7.98. The van der Waals surface area contributed by atoms with Crippen LogP contribution in [0.25, 0.3) is 5.69 Å². The second-order valence-corrected chi connectivity index (χ2v) is 8.28. The van der Waals surface area contributed by atoms with Crippen molar-refractivity contribution in [2.24, 2.45) is 0 Å². The average molecular weight is 444 g/mol. The lowest BCUT2D eigenvalue weighted by molar-refractivity contribution is 0.240. The van der Waals surface area contributed by atoms with Crippen LogP contribution in [0.2, 0.25) is 5.02 Å². The van der Waals surface area contributed by atoms with Crippen molar-refractivity contribution in [2.45, 2.75) is 44.1 Å². The number of carbonyl (C=O) groups is 1. The van der Waals surface area contributed by atoms with Gasteiger partial charge in [-0.25, -0.2) is 4.79 Å². The number of carbonyl (C=O) groups excluding carboxylic acids is 1. The van der Waals surface area contributed by atoms with Gasteiger partial charge in [0, 0.05) is 17.3 Å². The molecule has 158 valence electrons. The molecule has 0 unspecified atom stereocenters. The average Bonchev–Trinajstić information content (AvgIpc) is 3.16. The third kappa shape index (κ3) is 6.00. The van der Waals surface area contributed by atoms with Gasteiger partial charge in [0.15, 0.2) is 11.0 Å². The number of aryl methyl sites for hydroxylation is 1. The van der Waals surface area contributed by atoms with Crippen LogP contribution in [0.1, 0.15) is 36.7 Å². The number of amides is 2. The molecule has 0 aliphatic heterocycles. The minimum Gasteiger partial charge on any atom is -0.338 e. The van der Waals surface area contributed by atoms with Crippen molar-refractivity contribution < 1.29 is 4.79 Å². The Labute approximate surface area is 186 Å². The van der Waals surface area contributed by atoms with E-state index in [1.165, 1.54) is 5.56 Å². The third-order valence-electron chi connectivity index (χ3n) is 4.55. The normalized spacial score (nSPS) is 10.8. The van der Waals surface area contributed by atoms with Gasteiger partial charge in [0.05, 0.1) is 12.2 Å². The molecule has 0 aliphatic carbocycles. The van der Waals surface area contributed by atoms with Gasteiger partial charge in [-0.15, -0.1) is 10.2 Å². The molecule has 0 bridgehead atoms. The monoisotopic (exact) mass is 443 g/mol. The van der Waals surface area contributed by atoms with Crippen molar-refractivity contribution in [3.63, 3.8) is 0 Å². The van der Waals surface area contributed by atoms with Crippen molar-refractivity contribution in [1.82, 2.24) is 25.4 Å². The summed E-state index contributed by atoms with van der Waals surface area (Å²) in [4.78, 5) is 12.1. The molecule has 0 saturated heterocycles. The van der Waals surface area contributed by atoms with E-state index in [0.717, 1.165) is 35.0 Å². The number of nitrogens with one attached hydrogen (secondary N) is 2. The fourth-order valence-electron chi connectivity index (χ4n) is 2.90. The van der Waals surface area contributed by atoms with E-state index in [2.05, 4.69) is 39.9 Å². The number of halogens is 1.